The van der Waals surface area contributed by atoms with E-state index in [1.165, 1.54) is 58.4 Å². The molecule has 3 nitrogen and oxygen atoms in total. The third kappa shape index (κ3) is 3.94. The van der Waals surface area contributed by atoms with Crippen molar-refractivity contribution in [1.29, 1.82) is 0 Å². The zero-order valence-corrected chi connectivity index (χ0v) is 12.5. The highest BCUT2D eigenvalue weighted by Gasteiger charge is 2.33. The Labute approximate surface area is 113 Å². The lowest BCUT2D eigenvalue weighted by Crippen LogP contribution is -2.45. The zero-order chi connectivity index (χ0) is 13.2. The molecule has 1 heterocycles. The van der Waals surface area contributed by atoms with E-state index in [1.54, 1.807) is 0 Å². The van der Waals surface area contributed by atoms with E-state index >= 15 is 0 Å². The highest BCUT2D eigenvalue weighted by atomic mass is 15.2. The van der Waals surface area contributed by atoms with Crippen LogP contribution in [0.5, 0.6) is 0 Å². The molecule has 0 spiro atoms. The van der Waals surface area contributed by atoms with Crippen molar-refractivity contribution in [3.63, 3.8) is 0 Å². The molecule has 18 heavy (non-hydrogen) atoms. The second-order valence-electron chi connectivity index (χ2n) is 7.29. The van der Waals surface area contributed by atoms with E-state index in [-0.39, 0.29) is 0 Å². The van der Waals surface area contributed by atoms with Gasteiger partial charge in [0.25, 0.3) is 0 Å². The standard InChI is InChI=1S/C15H31N3/c1-15(2)6-5-14(16)13(11-15)12-18-8-4-7-17(3)9-10-18/h13-14H,4-12,16H2,1-3H3. The van der Waals surface area contributed by atoms with Crippen molar-refractivity contribution in [1.82, 2.24) is 9.80 Å². The molecule has 1 aliphatic heterocycles. The molecule has 3 heteroatoms. The second kappa shape index (κ2) is 5.89. The van der Waals surface area contributed by atoms with Crippen molar-refractivity contribution in [2.45, 2.75) is 45.6 Å². The fourth-order valence-electron chi connectivity index (χ4n) is 3.57. The second-order valence-corrected chi connectivity index (χ2v) is 7.29. The summed E-state index contributed by atoms with van der Waals surface area (Å²) < 4.78 is 0. The molecule has 0 aromatic heterocycles. The van der Waals surface area contributed by atoms with Gasteiger partial charge >= 0.3 is 0 Å². The largest absolute Gasteiger partial charge is 0.327 e. The highest BCUT2D eigenvalue weighted by molar-refractivity contribution is 4.89. The van der Waals surface area contributed by atoms with Gasteiger partial charge in [-0.15, -0.1) is 0 Å². The van der Waals surface area contributed by atoms with E-state index in [9.17, 15) is 0 Å². The predicted molar refractivity (Wildman–Crippen MR) is 77.7 cm³/mol. The Morgan fingerprint density at radius 3 is 2.72 bits per heavy atom. The van der Waals surface area contributed by atoms with Crippen molar-refractivity contribution < 1.29 is 0 Å². The average molecular weight is 253 g/mol. The lowest BCUT2D eigenvalue weighted by molar-refractivity contribution is 0.116. The summed E-state index contributed by atoms with van der Waals surface area (Å²) >= 11 is 0. The Kier molecular flexibility index (Phi) is 4.68. The molecule has 0 amide bonds. The third-order valence-electron chi connectivity index (χ3n) is 4.88. The quantitative estimate of drug-likeness (QED) is 0.814. The number of nitrogens with two attached hydrogens (primary N) is 1. The Morgan fingerprint density at radius 2 is 1.94 bits per heavy atom. The van der Waals surface area contributed by atoms with Crippen molar-refractivity contribution in [3.05, 3.63) is 0 Å². The van der Waals surface area contributed by atoms with E-state index in [1.807, 2.05) is 0 Å². The fourth-order valence-corrected chi connectivity index (χ4v) is 3.57. The Morgan fingerprint density at radius 1 is 1.17 bits per heavy atom. The number of nitrogens with zero attached hydrogens (tertiary/aromatic N) is 2. The molecule has 0 radical (unpaired) electrons. The molecule has 0 aromatic carbocycles. The van der Waals surface area contributed by atoms with E-state index in [0.29, 0.717) is 17.4 Å². The summed E-state index contributed by atoms with van der Waals surface area (Å²) in [6, 6.07) is 0.430. The van der Waals surface area contributed by atoms with Crippen molar-refractivity contribution in [2.24, 2.45) is 17.1 Å². The number of likely N-dealkylation sites (N-methyl/N-ethyl adjacent to an activating group) is 1. The minimum absolute atomic E-state index is 0.430. The maximum absolute atomic E-state index is 6.35. The molecule has 2 atom stereocenters. The van der Waals surface area contributed by atoms with Crippen molar-refractivity contribution >= 4 is 0 Å². The van der Waals surface area contributed by atoms with E-state index in [0.717, 1.165) is 0 Å². The summed E-state index contributed by atoms with van der Waals surface area (Å²) in [6.07, 6.45) is 5.13. The molecule has 1 saturated heterocycles. The van der Waals surface area contributed by atoms with Crippen molar-refractivity contribution in [2.75, 3.05) is 39.8 Å². The monoisotopic (exact) mass is 253 g/mol. The molecule has 2 rings (SSSR count). The molecular formula is C15H31N3. The van der Waals surface area contributed by atoms with Crippen LogP contribution in [-0.2, 0) is 0 Å². The van der Waals surface area contributed by atoms with Gasteiger partial charge in [-0.05, 0) is 57.2 Å². The van der Waals surface area contributed by atoms with Gasteiger partial charge in [-0.25, -0.2) is 0 Å². The van der Waals surface area contributed by atoms with Crippen LogP contribution in [0, 0.1) is 11.3 Å². The summed E-state index contributed by atoms with van der Waals surface area (Å²) in [6.45, 7) is 11.0. The Bertz CT molecular complexity index is 264. The number of hydrogen-bond acceptors (Lipinski definition) is 3. The normalized spacial score (nSPS) is 35.3. The van der Waals surface area contributed by atoms with Crippen LogP contribution in [0.1, 0.15) is 39.5 Å². The van der Waals surface area contributed by atoms with Gasteiger partial charge in [0.1, 0.15) is 0 Å². The minimum atomic E-state index is 0.430. The number of hydrogen-bond donors (Lipinski definition) is 1. The van der Waals surface area contributed by atoms with Gasteiger partial charge in [0.05, 0.1) is 0 Å². The number of rotatable bonds is 2. The SMILES string of the molecule is CN1CCCN(CC2CC(C)(C)CCC2N)CC1. The molecule has 2 fully saturated rings. The molecule has 2 unspecified atom stereocenters. The lowest BCUT2D eigenvalue weighted by atomic mass is 9.70. The lowest BCUT2D eigenvalue weighted by Gasteiger charge is -2.41. The van der Waals surface area contributed by atoms with Crippen LogP contribution >= 0.6 is 0 Å². The van der Waals surface area contributed by atoms with Crippen LogP contribution in [0.4, 0.5) is 0 Å². The molecular weight excluding hydrogens is 222 g/mol. The van der Waals surface area contributed by atoms with Crippen LogP contribution < -0.4 is 5.73 Å². The predicted octanol–water partition coefficient (Wildman–Crippen LogP) is 1.78. The van der Waals surface area contributed by atoms with Gasteiger partial charge < -0.3 is 15.5 Å². The first kappa shape index (κ1) is 14.3. The van der Waals surface area contributed by atoms with Crippen LogP contribution in [0.25, 0.3) is 0 Å². The smallest absolute Gasteiger partial charge is 0.0109 e. The van der Waals surface area contributed by atoms with Gasteiger partial charge in [-0.1, -0.05) is 13.8 Å². The highest BCUT2D eigenvalue weighted by Crippen LogP contribution is 2.38. The summed E-state index contributed by atoms with van der Waals surface area (Å²) in [4.78, 5) is 5.10. The van der Waals surface area contributed by atoms with E-state index < -0.39 is 0 Å². The maximum atomic E-state index is 6.35. The summed E-state index contributed by atoms with van der Waals surface area (Å²) in [5, 5.41) is 0. The van der Waals surface area contributed by atoms with Gasteiger partial charge in [-0.2, -0.15) is 0 Å². The minimum Gasteiger partial charge on any atom is -0.327 e. The molecule has 1 saturated carbocycles. The Balaban J connectivity index is 1.87. The zero-order valence-electron chi connectivity index (χ0n) is 12.5. The van der Waals surface area contributed by atoms with Crippen molar-refractivity contribution in [3.8, 4) is 0 Å². The maximum Gasteiger partial charge on any atom is 0.0109 e. The van der Waals surface area contributed by atoms with Crippen LogP contribution in [0.3, 0.4) is 0 Å². The third-order valence-corrected chi connectivity index (χ3v) is 4.88. The summed E-state index contributed by atoms with van der Waals surface area (Å²) in [5.41, 5.74) is 6.85. The Hall–Kier alpha value is -0.120. The van der Waals surface area contributed by atoms with Crippen LogP contribution in [0.2, 0.25) is 0 Å². The average Bonchev–Trinajstić information content (AvgIpc) is 2.49. The first-order valence-electron chi connectivity index (χ1n) is 7.63. The van der Waals surface area contributed by atoms with E-state index in [2.05, 4.69) is 30.7 Å². The molecule has 1 aliphatic carbocycles. The molecule has 0 aromatic rings. The van der Waals surface area contributed by atoms with Crippen LogP contribution in [-0.4, -0.2) is 55.6 Å². The fraction of sp³-hybridized carbons (Fsp3) is 1.00. The van der Waals surface area contributed by atoms with Gasteiger partial charge in [0.15, 0.2) is 0 Å². The van der Waals surface area contributed by atoms with Gasteiger partial charge in [0.2, 0.25) is 0 Å². The topological polar surface area (TPSA) is 32.5 Å². The van der Waals surface area contributed by atoms with Crippen LogP contribution in [0.15, 0.2) is 0 Å². The van der Waals surface area contributed by atoms with Gasteiger partial charge in [0, 0.05) is 25.7 Å². The van der Waals surface area contributed by atoms with E-state index in [4.69, 9.17) is 5.73 Å². The summed E-state index contributed by atoms with van der Waals surface area (Å²) in [5.74, 6) is 0.706. The molecule has 0 bridgehead atoms. The molecule has 106 valence electrons. The summed E-state index contributed by atoms with van der Waals surface area (Å²) in [7, 11) is 2.24. The van der Waals surface area contributed by atoms with Gasteiger partial charge in [-0.3, -0.25) is 0 Å². The molecule has 2 N–H and O–H groups in total. The first-order valence-corrected chi connectivity index (χ1v) is 7.63. The first-order chi connectivity index (χ1) is 8.46. The molecule has 2 aliphatic rings.